The van der Waals surface area contributed by atoms with Crippen LogP contribution in [0.25, 0.3) is 6.08 Å². The van der Waals surface area contributed by atoms with E-state index in [0.717, 1.165) is 11.5 Å². The molecular formula is C11H12N2. The van der Waals surface area contributed by atoms with Crippen molar-refractivity contribution < 1.29 is 0 Å². The van der Waals surface area contributed by atoms with Gasteiger partial charge < -0.3 is 4.90 Å². The molecule has 0 bridgehead atoms. The fourth-order valence-corrected chi connectivity index (χ4v) is 1.28. The molecule has 1 aromatic carbocycles. The van der Waals surface area contributed by atoms with E-state index >= 15 is 0 Å². The number of para-hydroxylation sites is 1. The summed E-state index contributed by atoms with van der Waals surface area (Å²) in [6, 6.07) is 8.14. The van der Waals surface area contributed by atoms with Crippen LogP contribution in [0, 0.1) is 0 Å². The summed E-state index contributed by atoms with van der Waals surface area (Å²) < 4.78 is 0. The van der Waals surface area contributed by atoms with Gasteiger partial charge in [0.05, 0.1) is 5.69 Å². The first-order chi connectivity index (χ1) is 6.27. The Balaban J connectivity index is 2.56. The molecule has 0 radical (unpaired) electrons. The lowest BCUT2D eigenvalue weighted by Gasteiger charge is -2.10. The molecule has 2 nitrogen and oxygen atoms in total. The lowest BCUT2D eigenvalue weighted by Crippen LogP contribution is -2.15. The minimum absolute atomic E-state index is 1.02. The Morgan fingerprint density at radius 3 is 2.85 bits per heavy atom. The maximum absolute atomic E-state index is 4.50. The molecule has 0 N–H and O–H groups in total. The summed E-state index contributed by atoms with van der Waals surface area (Å²) in [6.07, 6.45) is 4.11. The number of fused-ring (bicyclic) bond motifs is 1. The van der Waals surface area contributed by atoms with Crippen LogP contribution in [0.1, 0.15) is 12.5 Å². The van der Waals surface area contributed by atoms with Crippen LogP contribution in [0.2, 0.25) is 0 Å². The molecule has 0 saturated heterocycles. The second-order valence-corrected chi connectivity index (χ2v) is 3.14. The van der Waals surface area contributed by atoms with Crippen LogP contribution in [-0.4, -0.2) is 17.8 Å². The van der Waals surface area contributed by atoms with Crippen molar-refractivity contribution in [2.24, 2.45) is 4.99 Å². The number of nitrogens with zero attached hydrogens (tertiary/aromatic N) is 2. The van der Waals surface area contributed by atoms with Gasteiger partial charge in [-0.1, -0.05) is 18.2 Å². The van der Waals surface area contributed by atoms with E-state index in [-0.39, 0.29) is 0 Å². The third-order valence-corrected chi connectivity index (χ3v) is 2.21. The van der Waals surface area contributed by atoms with Crippen molar-refractivity contribution in [2.45, 2.75) is 6.92 Å². The fourth-order valence-electron chi connectivity index (χ4n) is 1.28. The van der Waals surface area contributed by atoms with Crippen molar-refractivity contribution in [2.75, 3.05) is 7.05 Å². The predicted molar refractivity (Wildman–Crippen MR) is 56.0 cm³/mol. The van der Waals surface area contributed by atoms with Crippen LogP contribution in [0.15, 0.2) is 35.5 Å². The number of benzene rings is 1. The third-order valence-electron chi connectivity index (χ3n) is 2.21. The summed E-state index contributed by atoms with van der Waals surface area (Å²) in [5, 5.41) is 0. The molecule has 1 aliphatic rings. The summed E-state index contributed by atoms with van der Waals surface area (Å²) in [7, 11) is 2.00. The SMILES string of the molecule is CC1=Nc2ccccc2C=CN1C. The Morgan fingerprint density at radius 1 is 1.23 bits per heavy atom. The van der Waals surface area contributed by atoms with Crippen molar-refractivity contribution >= 4 is 17.6 Å². The topological polar surface area (TPSA) is 15.6 Å². The van der Waals surface area contributed by atoms with Crippen molar-refractivity contribution in [1.29, 1.82) is 0 Å². The van der Waals surface area contributed by atoms with Crippen molar-refractivity contribution in [3.05, 3.63) is 36.0 Å². The van der Waals surface area contributed by atoms with E-state index < -0.39 is 0 Å². The zero-order valence-electron chi connectivity index (χ0n) is 7.86. The van der Waals surface area contributed by atoms with E-state index in [1.807, 2.05) is 43.3 Å². The zero-order chi connectivity index (χ0) is 9.26. The smallest absolute Gasteiger partial charge is 0.105 e. The number of rotatable bonds is 0. The Bertz CT molecular complexity index is 377. The van der Waals surface area contributed by atoms with Gasteiger partial charge in [-0.2, -0.15) is 0 Å². The van der Waals surface area contributed by atoms with Gasteiger partial charge in [0.25, 0.3) is 0 Å². The quantitative estimate of drug-likeness (QED) is 0.587. The summed E-state index contributed by atoms with van der Waals surface area (Å²) in [5.74, 6) is 1.02. The highest BCUT2D eigenvalue weighted by Gasteiger charge is 2.04. The van der Waals surface area contributed by atoms with Gasteiger partial charge in [-0.25, -0.2) is 4.99 Å². The standard InChI is InChI=1S/C11H12N2/c1-9-12-11-6-4-3-5-10(11)7-8-13(9)2/h3-8H,1-2H3. The Hall–Kier alpha value is -1.57. The molecule has 66 valence electrons. The molecule has 0 saturated carbocycles. The number of hydrogen-bond acceptors (Lipinski definition) is 2. The van der Waals surface area contributed by atoms with Crippen LogP contribution in [-0.2, 0) is 0 Å². The van der Waals surface area contributed by atoms with Crippen molar-refractivity contribution in [3.63, 3.8) is 0 Å². The van der Waals surface area contributed by atoms with Crippen LogP contribution >= 0.6 is 0 Å². The third kappa shape index (κ3) is 1.47. The van der Waals surface area contributed by atoms with Gasteiger partial charge in [0, 0.05) is 18.8 Å². The molecule has 0 spiro atoms. The van der Waals surface area contributed by atoms with E-state index in [0.29, 0.717) is 0 Å². The average Bonchev–Trinajstić information content (AvgIpc) is 2.28. The summed E-state index contributed by atoms with van der Waals surface area (Å²) >= 11 is 0. The van der Waals surface area contributed by atoms with E-state index in [4.69, 9.17) is 0 Å². The first-order valence-electron chi connectivity index (χ1n) is 4.33. The largest absolute Gasteiger partial charge is 0.340 e. The van der Waals surface area contributed by atoms with Gasteiger partial charge in [0.15, 0.2) is 0 Å². The molecule has 0 aromatic heterocycles. The lowest BCUT2D eigenvalue weighted by atomic mass is 10.2. The Kier molecular flexibility index (Phi) is 1.89. The molecule has 0 aliphatic carbocycles. The first-order valence-corrected chi connectivity index (χ1v) is 4.33. The van der Waals surface area contributed by atoms with E-state index in [9.17, 15) is 0 Å². The maximum atomic E-state index is 4.50. The lowest BCUT2D eigenvalue weighted by molar-refractivity contribution is 0.689. The van der Waals surface area contributed by atoms with Crippen molar-refractivity contribution in [1.82, 2.24) is 4.90 Å². The summed E-state index contributed by atoms with van der Waals surface area (Å²) in [6.45, 7) is 2.01. The monoisotopic (exact) mass is 172 g/mol. The average molecular weight is 172 g/mol. The summed E-state index contributed by atoms with van der Waals surface area (Å²) in [5.41, 5.74) is 2.21. The van der Waals surface area contributed by atoms with E-state index in [1.165, 1.54) is 5.56 Å². The second kappa shape index (κ2) is 3.05. The summed E-state index contributed by atoms with van der Waals surface area (Å²) in [4.78, 5) is 6.51. The highest BCUT2D eigenvalue weighted by molar-refractivity contribution is 5.87. The Morgan fingerprint density at radius 2 is 2.00 bits per heavy atom. The fraction of sp³-hybridized carbons (Fsp3) is 0.182. The minimum atomic E-state index is 1.02. The highest BCUT2D eigenvalue weighted by atomic mass is 15.1. The van der Waals surface area contributed by atoms with Crippen LogP contribution in [0.3, 0.4) is 0 Å². The predicted octanol–water partition coefficient (Wildman–Crippen LogP) is 2.65. The van der Waals surface area contributed by atoms with E-state index in [1.54, 1.807) is 0 Å². The van der Waals surface area contributed by atoms with Crippen LogP contribution in [0.4, 0.5) is 5.69 Å². The normalized spacial score (nSPS) is 14.9. The van der Waals surface area contributed by atoms with Crippen LogP contribution < -0.4 is 0 Å². The number of aliphatic imine (C=N–C) groups is 1. The van der Waals surface area contributed by atoms with Gasteiger partial charge >= 0.3 is 0 Å². The second-order valence-electron chi connectivity index (χ2n) is 3.14. The molecular weight excluding hydrogens is 160 g/mol. The van der Waals surface area contributed by atoms with Gasteiger partial charge in [-0.3, -0.25) is 0 Å². The molecule has 0 fully saturated rings. The van der Waals surface area contributed by atoms with Gasteiger partial charge in [-0.05, 0) is 19.1 Å². The van der Waals surface area contributed by atoms with E-state index in [2.05, 4.69) is 17.1 Å². The molecule has 13 heavy (non-hydrogen) atoms. The van der Waals surface area contributed by atoms with Gasteiger partial charge in [0.1, 0.15) is 5.84 Å². The molecule has 2 heteroatoms. The van der Waals surface area contributed by atoms with Crippen molar-refractivity contribution in [3.8, 4) is 0 Å². The molecule has 1 aromatic rings. The molecule has 1 heterocycles. The Labute approximate surface area is 78.2 Å². The molecule has 1 aliphatic heterocycles. The van der Waals surface area contributed by atoms with Crippen LogP contribution in [0.5, 0.6) is 0 Å². The molecule has 2 rings (SSSR count). The first kappa shape index (κ1) is 8.05. The zero-order valence-corrected chi connectivity index (χ0v) is 7.86. The van der Waals surface area contributed by atoms with Gasteiger partial charge in [0.2, 0.25) is 0 Å². The van der Waals surface area contributed by atoms with Gasteiger partial charge in [-0.15, -0.1) is 0 Å². The highest BCUT2D eigenvalue weighted by Crippen LogP contribution is 2.22. The minimum Gasteiger partial charge on any atom is -0.340 e. The molecule has 0 atom stereocenters. The number of hydrogen-bond donors (Lipinski definition) is 0. The molecule has 0 unspecified atom stereocenters. The maximum Gasteiger partial charge on any atom is 0.105 e. The molecule has 0 amide bonds. The number of amidine groups is 1.